The van der Waals surface area contributed by atoms with Crippen LogP contribution in [0.4, 0.5) is 0 Å². The molecule has 0 aliphatic carbocycles. The van der Waals surface area contributed by atoms with Gasteiger partial charge in [0.05, 0.1) is 29.4 Å². The number of carbonyl (C=O) groups excluding carboxylic acids is 1. The summed E-state index contributed by atoms with van der Waals surface area (Å²) in [6.45, 7) is 10.2. The van der Waals surface area contributed by atoms with Gasteiger partial charge in [-0.1, -0.05) is 5.16 Å². The van der Waals surface area contributed by atoms with Crippen LogP contribution in [0.1, 0.15) is 73.3 Å². The number of aryl methyl sites for hydroxylation is 2. The van der Waals surface area contributed by atoms with Gasteiger partial charge in [-0.05, 0) is 47.0 Å². The lowest BCUT2D eigenvalue weighted by Crippen LogP contribution is -2.43. The van der Waals surface area contributed by atoms with Crippen LogP contribution in [-0.4, -0.2) is 50.0 Å². The SMILES string of the molecule is Cc1noc(C)c1CC(=O)N1CCCC[C@@H]1c1nc2c(c(=O)[nH]1)CN(C(C)C)CC2. The van der Waals surface area contributed by atoms with Crippen molar-refractivity contribution < 1.29 is 9.32 Å². The predicted octanol–water partition coefficient (Wildman–Crippen LogP) is 2.44. The highest BCUT2D eigenvalue weighted by Gasteiger charge is 2.32. The van der Waals surface area contributed by atoms with Crippen molar-refractivity contribution in [3.05, 3.63) is 44.5 Å². The number of amides is 1. The molecule has 0 radical (unpaired) electrons. The third-order valence-electron chi connectivity index (χ3n) is 6.49. The average molecular weight is 414 g/mol. The van der Waals surface area contributed by atoms with Gasteiger partial charge in [0, 0.05) is 37.7 Å². The number of aromatic nitrogens is 3. The topological polar surface area (TPSA) is 95.3 Å². The zero-order valence-electron chi connectivity index (χ0n) is 18.3. The lowest BCUT2D eigenvalue weighted by molar-refractivity contribution is -0.134. The number of nitrogens with zero attached hydrogens (tertiary/aromatic N) is 4. The van der Waals surface area contributed by atoms with Gasteiger partial charge in [0.2, 0.25) is 5.91 Å². The van der Waals surface area contributed by atoms with Gasteiger partial charge in [0.15, 0.2) is 0 Å². The van der Waals surface area contributed by atoms with Crippen molar-refractivity contribution in [2.24, 2.45) is 0 Å². The molecule has 4 heterocycles. The molecule has 2 aromatic heterocycles. The third-order valence-corrected chi connectivity index (χ3v) is 6.49. The molecule has 0 spiro atoms. The largest absolute Gasteiger partial charge is 0.361 e. The van der Waals surface area contributed by atoms with Crippen LogP contribution in [0.3, 0.4) is 0 Å². The summed E-state index contributed by atoms with van der Waals surface area (Å²) in [5.41, 5.74) is 3.19. The molecule has 30 heavy (non-hydrogen) atoms. The van der Waals surface area contributed by atoms with E-state index in [2.05, 4.69) is 28.9 Å². The number of aromatic amines is 1. The molecule has 2 aliphatic rings. The van der Waals surface area contributed by atoms with E-state index in [1.165, 1.54) is 0 Å². The Kier molecular flexibility index (Phi) is 5.77. The normalized spacial score (nSPS) is 19.9. The fourth-order valence-electron chi connectivity index (χ4n) is 4.59. The highest BCUT2D eigenvalue weighted by molar-refractivity contribution is 5.79. The minimum Gasteiger partial charge on any atom is -0.361 e. The third kappa shape index (κ3) is 3.93. The second-order valence-corrected chi connectivity index (χ2v) is 8.77. The Labute approximate surface area is 176 Å². The van der Waals surface area contributed by atoms with E-state index in [1.54, 1.807) is 0 Å². The van der Waals surface area contributed by atoms with Gasteiger partial charge in [0.25, 0.3) is 5.56 Å². The maximum Gasteiger partial charge on any atom is 0.255 e. The number of rotatable bonds is 4. The minimum atomic E-state index is -0.187. The monoisotopic (exact) mass is 413 g/mol. The van der Waals surface area contributed by atoms with Gasteiger partial charge >= 0.3 is 0 Å². The Morgan fingerprint density at radius 1 is 1.27 bits per heavy atom. The molecule has 162 valence electrons. The minimum absolute atomic E-state index is 0.0282. The summed E-state index contributed by atoms with van der Waals surface area (Å²) in [5.74, 6) is 1.34. The van der Waals surface area contributed by atoms with Gasteiger partial charge in [-0.25, -0.2) is 4.98 Å². The van der Waals surface area contributed by atoms with E-state index in [-0.39, 0.29) is 23.9 Å². The number of carbonyl (C=O) groups is 1. The Hall–Kier alpha value is -2.48. The Morgan fingerprint density at radius 3 is 2.77 bits per heavy atom. The van der Waals surface area contributed by atoms with E-state index in [0.29, 0.717) is 30.7 Å². The summed E-state index contributed by atoms with van der Waals surface area (Å²) < 4.78 is 5.21. The number of hydrogen-bond donors (Lipinski definition) is 1. The van der Waals surface area contributed by atoms with Gasteiger partial charge in [-0.3, -0.25) is 14.5 Å². The van der Waals surface area contributed by atoms with Crippen LogP contribution < -0.4 is 5.56 Å². The lowest BCUT2D eigenvalue weighted by atomic mass is 9.98. The first kappa shape index (κ1) is 20.8. The molecular formula is C22H31N5O3. The molecule has 0 saturated carbocycles. The summed E-state index contributed by atoms with van der Waals surface area (Å²) in [5, 5.41) is 3.96. The molecule has 0 bridgehead atoms. The van der Waals surface area contributed by atoms with Gasteiger partial charge < -0.3 is 14.4 Å². The van der Waals surface area contributed by atoms with Crippen LogP contribution in [0.25, 0.3) is 0 Å². The summed E-state index contributed by atoms with van der Waals surface area (Å²) in [7, 11) is 0. The number of nitrogens with one attached hydrogen (secondary N) is 1. The van der Waals surface area contributed by atoms with E-state index in [0.717, 1.165) is 54.7 Å². The zero-order valence-corrected chi connectivity index (χ0v) is 18.3. The van der Waals surface area contributed by atoms with E-state index in [1.807, 2.05) is 18.7 Å². The molecule has 1 N–H and O–H groups in total. The van der Waals surface area contributed by atoms with E-state index in [4.69, 9.17) is 9.51 Å². The maximum atomic E-state index is 13.2. The van der Waals surface area contributed by atoms with Crippen molar-refractivity contribution >= 4 is 5.91 Å². The van der Waals surface area contributed by atoms with Crippen molar-refractivity contribution in [1.29, 1.82) is 0 Å². The van der Waals surface area contributed by atoms with Crippen molar-refractivity contribution in [3.63, 3.8) is 0 Å². The molecule has 1 fully saturated rings. The molecule has 1 amide bonds. The highest BCUT2D eigenvalue weighted by atomic mass is 16.5. The van der Waals surface area contributed by atoms with Crippen molar-refractivity contribution in [2.75, 3.05) is 13.1 Å². The molecule has 1 saturated heterocycles. The van der Waals surface area contributed by atoms with Crippen LogP contribution in [0, 0.1) is 13.8 Å². The summed E-state index contributed by atoms with van der Waals surface area (Å²) in [6.07, 6.45) is 3.82. The van der Waals surface area contributed by atoms with Crippen molar-refractivity contribution in [1.82, 2.24) is 24.9 Å². The van der Waals surface area contributed by atoms with Gasteiger partial charge in [0.1, 0.15) is 11.6 Å². The van der Waals surface area contributed by atoms with Crippen molar-refractivity contribution in [2.45, 2.75) is 78.4 Å². The average Bonchev–Trinajstić information content (AvgIpc) is 3.05. The molecule has 0 unspecified atom stereocenters. The molecule has 2 aromatic rings. The first-order valence-corrected chi connectivity index (χ1v) is 10.9. The van der Waals surface area contributed by atoms with Crippen LogP contribution in [-0.2, 0) is 24.2 Å². The number of likely N-dealkylation sites (tertiary alicyclic amines) is 1. The number of fused-ring (bicyclic) bond motifs is 1. The Bertz CT molecular complexity index is 974. The summed E-state index contributed by atoms with van der Waals surface area (Å²) in [6, 6.07) is 0.209. The molecule has 8 heteroatoms. The Morgan fingerprint density at radius 2 is 2.07 bits per heavy atom. The second-order valence-electron chi connectivity index (χ2n) is 8.77. The maximum absolute atomic E-state index is 13.2. The Balaban J connectivity index is 1.60. The van der Waals surface area contributed by atoms with Crippen molar-refractivity contribution in [3.8, 4) is 0 Å². The first-order valence-electron chi connectivity index (χ1n) is 10.9. The fourth-order valence-corrected chi connectivity index (χ4v) is 4.59. The number of H-pyrrole nitrogens is 1. The number of hydrogen-bond acceptors (Lipinski definition) is 6. The van der Waals surface area contributed by atoms with E-state index >= 15 is 0 Å². The quantitative estimate of drug-likeness (QED) is 0.827. The van der Waals surface area contributed by atoms with Crippen LogP contribution >= 0.6 is 0 Å². The molecule has 1 atom stereocenters. The summed E-state index contributed by atoms with van der Waals surface area (Å²) >= 11 is 0. The van der Waals surface area contributed by atoms with Gasteiger partial charge in [-0.15, -0.1) is 0 Å². The smallest absolute Gasteiger partial charge is 0.255 e. The summed E-state index contributed by atoms with van der Waals surface area (Å²) in [4.78, 5) is 38.1. The molecule has 8 nitrogen and oxygen atoms in total. The molecule has 4 rings (SSSR count). The van der Waals surface area contributed by atoms with Crippen LogP contribution in [0.5, 0.6) is 0 Å². The lowest BCUT2D eigenvalue weighted by Gasteiger charge is -2.36. The van der Waals surface area contributed by atoms with Gasteiger partial charge in [-0.2, -0.15) is 0 Å². The number of piperidine rings is 1. The van der Waals surface area contributed by atoms with Crippen LogP contribution in [0.15, 0.2) is 9.32 Å². The fraction of sp³-hybridized carbons (Fsp3) is 0.636. The first-order chi connectivity index (χ1) is 14.3. The highest BCUT2D eigenvalue weighted by Crippen LogP contribution is 2.30. The van der Waals surface area contributed by atoms with Crippen LogP contribution in [0.2, 0.25) is 0 Å². The second kappa shape index (κ2) is 8.34. The molecule has 0 aromatic carbocycles. The predicted molar refractivity (Wildman–Crippen MR) is 112 cm³/mol. The van der Waals surface area contributed by atoms with E-state index in [9.17, 15) is 9.59 Å². The van der Waals surface area contributed by atoms with E-state index < -0.39 is 0 Å². The molecule has 2 aliphatic heterocycles. The zero-order chi connectivity index (χ0) is 21.4. The molecular weight excluding hydrogens is 382 g/mol. The standard InChI is InChI=1S/C22H31N5O3/c1-13(2)26-10-8-18-17(12-26)22(29)24-21(23-18)19-7-5-6-9-27(19)20(28)11-16-14(3)25-30-15(16)4/h13,19H,5-12H2,1-4H3,(H,23,24,29)/t19-/m1/s1.